The number of aliphatic hydroxyl groups excluding tert-OH is 2. The average Bonchev–Trinajstić information content (AvgIpc) is 2.37. The zero-order valence-corrected chi connectivity index (χ0v) is 12.4. The molecule has 0 aliphatic heterocycles. The number of ether oxygens (including phenoxy) is 4. The van der Waals surface area contributed by atoms with E-state index in [1.165, 1.54) is 0 Å². The molecule has 0 saturated carbocycles. The minimum Gasteiger partial charge on any atom is -0.394 e. The van der Waals surface area contributed by atoms with Crippen LogP contribution in [-0.4, -0.2) is 76.3 Å². The van der Waals surface area contributed by atoms with Crippen molar-refractivity contribution in [1.29, 1.82) is 0 Å². The summed E-state index contributed by atoms with van der Waals surface area (Å²) in [6.07, 6.45) is -0.894. The summed E-state index contributed by atoms with van der Waals surface area (Å²) in [4.78, 5) is 0. The first-order valence-electron chi connectivity index (χ1n) is 6.41. The maximum Gasteiger partial charge on any atom is 0.104 e. The summed E-state index contributed by atoms with van der Waals surface area (Å²) in [5, 5.41) is 17.8. The molecule has 0 aromatic rings. The van der Waals surface area contributed by atoms with Crippen molar-refractivity contribution in [2.45, 2.75) is 26.1 Å². The van der Waals surface area contributed by atoms with Gasteiger partial charge in [-0.1, -0.05) is 13.8 Å². The summed E-state index contributed by atoms with van der Waals surface area (Å²) in [5.41, 5.74) is -0.166. The van der Waals surface area contributed by atoms with Crippen LogP contribution in [0.3, 0.4) is 0 Å². The monoisotopic (exact) mass is 280 g/mol. The Morgan fingerprint density at radius 3 is 2.05 bits per heavy atom. The molecule has 2 unspecified atom stereocenters. The van der Waals surface area contributed by atoms with E-state index in [0.717, 1.165) is 0 Å². The Hall–Kier alpha value is -0.240. The molecule has 116 valence electrons. The Kier molecular flexibility index (Phi) is 10.4. The van der Waals surface area contributed by atoms with Crippen LogP contribution in [0.4, 0.5) is 0 Å². The van der Waals surface area contributed by atoms with Crippen LogP contribution < -0.4 is 0 Å². The second-order valence-corrected chi connectivity index (χ2v) is 5.34. The van der Waals surface area contributed by atoms with Gasteiger partial charge in [-0.25, -0.2) is 0 Å². The fourth-order valence-electron chi connectivity index (χ4n) is 1.40. The summed E-state index contributed by atoms with van der Waals surface area (Å²) < 4.78 is 21.1. The van der Waals surface area contributed by atoms with E-state index in [1.807, 2.05) is 13.8 Å². The molecule has 0 fully saturated rings. The van der Waals surface area contributed by atoms with Gasteiger partial charge in [0.25, 0.3) is 0 Å². The lowest BCUT2D eigenvalue weighted by molar-refractivity contribution is -0.0689. The predicted octanol–water partition coefficient (Wildman–Crippen LogP) is 0.0604. The van der Waals surface area contributed by atoms with Gasteiger partial charge in [-0.05, 0) is 0 Å². The molecule has 0 heterocycles. The number of aliphatic hydroxyl groups is 2. The van der Waals surface area contributed by atoms with Crippen LogP contribution in [0.1, 0.15) is 13.8 Å². The van der Waals surface area contributed by atoms with E-state index in [1.54, 1.807) is 14.2 Å². The minimum absolute atomic E-state index is 0.0714. The third kappa shape index (κ3) is 10.2. The maximum atomic E-state index is 9.16. The van der Waals surface area contributed by atoms with E-state index < -0.39 is 6.10 Å². The summed E-state index contributed by atoms with van der Waals surface area (Å²) >= 11 is 0. The highest BCUT2D eigenvalue weighted by molar-refractivity contribution is 4.68. The highest BCUT2D eigenvalue weighted by atomic mass is 16.6. The Labute approximate surface area is 115 Å². The van der Waals surface area contributed by atoms with Crippen LogP contribution >= 0.6 is 0 Å². The third-order valence-corrected chi connectivity index (χ3v) is 2.50. The van der Waals surface area contributed by atoms with E-state index in [9.17, 15) is 0 Å². The maximum absolute atomic E-state index is 9.16. The molecule has 6 heteroatoms. The lowest BCUT2D eigenvalue weighted by Crippen LogP contribution is -2.31. The van der Waals surface area contributed by atoms with Crippen molar-refractivity contribution in [2.75, 3.05) is 53.9 Å². The van der Waals surface area contributed by atoms with Crippen LogP contribution in [-0.2, 0) is 18.9 Å². The summed E-state index contributed by atoms with van der Waals surface area (Å²) in [7, 11) is 3.24. The Balaban J connectivity index is 3.76. The number of hydrogen-bond donors (Lipinski definition) is 2. The van der Waals surface area contributed by atoms with Crippen LogP contribution in [0, 0.1) is 5.41 Å². The molecule has 0 saturated heterocycles. The topological polar surface area (TPSA) is 77.4 Å². The fraction of sp³-hybridized carbons (Fsp3) is 1.00. The normalized spacial score (nSPS) is 15.5. The van der Waals surface area contributed by atoms with Crippen molar-refractivity contribution in [1.82, 2.24) is 0 Å². The Morgan fingerprint density at radius 2 is 1.58 bits per heavy atom. The van der Waals surface area contributed by atoms with Crippen molar-refractivity contribution < 1.29 is 29.2 Å². The van der Waals surface area contributed by atoms with Crippen molar-refractivity contribution in [3.63, 3.8) is 0 Å². The molecular weight excluding hydrogens is 252 g/mol. The Morgan fingerprint density at radius 1 is 1.00 bits per heavy atom. The van der Waals surface area contributed by atoms with E-state index >= 15 is 0 Å². The van der Waals surface area contributed by atoms with Gasteiger partial charge >= 0.3 is 0 Å². The van der Waals surface area contributed by atoms with E-state index in [0.29, 0.717) is 26.4 Å². The lowest BCUT2D eigenvalue weighted by Gasteiger charge is -2.26. The van der Waals surface area contributed by atoms with Gasteiger partial charge in [-0.15, -0.1) is 0 Å². The standard InChI is InChI=1S/C13H28O6/c1-13(2,9-18-6-11(15)5-14)10-19-8-12(17-4)7-16-3/h11-12,14-15H,5-10H2,1-4H3. The molecule has 2 N–H and O–H groups in total. The molecule has 0 aromatic heterocycles. The SMILES string of the molecule is COCC(COCC(C)(C)COCC(O)CO)OC. The molecule has 0 rings (SSSR count). The quantitative estimate of drug-likeness (QED) is 0.526. The average molecular weight is 280 g/mol. The van der Waals surface area contributed by atoms with Crippen molar-refractivity contribution in [3.05, 3.63) is 0 Å². The highest BCUT2D eigenvalue weighted by Gasteiger charge is 2.20. The number of rotatable bonds is 12. The van der Waals surface area contributed by atoms with Crippen LogP contribution in [0.25, 0.3) is 0 Å². The Bertz CT molecular complexity index is 209. The largest absolute Gasteiger partial charge is 0.394 e. The van der Waals surface area contributed by atoms with Gasteiger partial charge in [0.2, 0.25) is 0 Å². The molecule has 0 radical (unpaired) electrons. The molecule has 0 bridgehead atoms. The zero-order valence-electron chi connectivity index (χ0n) is 12.4. The first-order chi connectivity index (χ1) is 8.95. The van der Waals surface area contributed by atoms with E-state index in [-0.39, 0.29) is 24.7 Å². The minimum atomic E-state index is -0.823. The van der Waals surface area contributed by atoms with Gasteiger partial charge in [0, 0.05) is 19.6 Å². The van der Waals surface area contributed by atoms with Gasteiger partial charge in [-0.2, -0.15) is 0 Å². The molecule has 0 aliphatic carbocycles. The second-order valence-electron chi connectivity index (χ2n) is 5.34. The first-order valence-corrected chi connectivity index (χ1v) is 6.41. The molecule has 0 aromatic carbocycles. The van der Waals surface area contributed by atoms with E-state index in [2.05, 4.69) is 0 Å². The van der Waals surface area contributed by atoms with Gasteiger partial charge in [0.05, 0.1) is 39.6 Å². The number of hydrogen-bond acceptors (Lipinski definition) is 6. The zero-order chi connectivity index (χ0) is 14.7. The van der Waals surface area contributed by atoms with Gasteiger partial charge < -0.3 is 29.2 Å². The summed E-state index contributed by atoms with van der Waals surface area (Å²) in [5.74, 6) is 0. The molecular formula is C13H28O6. The molecule has 0 spiro atoms. The van der Waals surface area contributed by atoms with Crippen LogP contribution in [0.15, 0.2) is 0 Å². The summed E-state index contributed by atoms with van der Waals surface area (Å²) in [6, 6.07) is 0. The van der Waals surface area contributed by atoms with Gasteiger partial charge in [-0.3, -0.25) is 0 Å². The smallest absolute Gasteiger partial charge is 0.104 e. The third-order valence-electron chi connectivity index (χ3n) is 2.50. The fourth-order valence-corrected chi connectivity index (χ4v) is 1.40. The predicted molar refractivity (Wildman–Crippen MR) is 71.2 cm³/mol. The molecule has 0 amide bonds. The second kappa shape index (κ2) is 10.5. The first kappa shape index (κ1) is 18.8. The lowest BCUT2D eigenvalue weighted by atomic mass is 9.96. The molecule has 0 aliphatic rings. The van der Waals surface area contributed by atoms with Gasteiger partial charge in [0.15, 0.2) is 0 Å². The molecule has 19 heavy (non-hydrogen) atoms. The van der Waals surface area contributed by atoms with Crippen LogP contribution in [0.2, 0.25) is 0 Å². The van der Waals surface area contributed by atoms with Gasteiger partial charge in [0.1, 0.15) is 12.2 Å². The highest BCUT2D eigenvalue weighted by Crippen LogP contribution is 2.16. The van der Waals surface area contributed by atoms with Crippen molar-refractivity contribution in [2.24, 2.45) is 5.41 Å². The summed E-state index contributed by atoms with van der Waals surface area (Å²) in [6.45, 7) is 5.79. The van der Waals surface area contributed by atoms with Crippen molar-refractivity contribution >= 4 is 0 Å². The van der Waals surface area contributed by atoms with Crippen LogP contribution in [0.5, 0.6) is 0 Å². The molecule has 6 nitrogen and oxygen atoms in total. The van der Waals surface area contributed by atoms with E-state index in [4.69, 9.17) is 29.2 Å². The molecule has 2 atom stereocenters. The van der Waals surface area contributed by atoms with Crippen molar-refractivity contribution in [3.8, 4) is 0 Å². The number of methoxy groups -OCH3 is 2.